The van der Waals surface area contributed by atoms with Crippen molar-refractivity contribution in [2.45, 2.75) is 19.3 Å². The molecule has 0 radical (unpaired) electrons. The molecule has 0 spiro atoms. The molecule has 1 aliphatic rings. The van der Waals surface area contributed by atoms with E-state index in [1.165, 1.54) is 6.42 Å². The summed E-state index contributed by atoms with van der Waals surface area (Å²) in [5, 5.41) is 7.47. The quantitative estimate of drug-likeness (QED) is 0.767. The number of amides is 1. The molecule has 5 heteroatoms. The van der Waals surface area contributed by atoms with Gasteiger partial charge in [-0.05, 0) is 25.3 Å². The second kappa shape index (κ2) is 4.25. The van der Waals surface area contributed by atoms with Gasteiger partial charge in [0.05, 0.1) is 11.9 Å². The summed E-state index contributed by atoms with van der Waals surface area (Å²) >= 11 is 0. The first-order valence-electron chi connectivity index (χ1n) is 5.15. The van der Waals surface area contributed by atoms with E-state index < -0.39 is 5.91 Å². The standard InChI is InChI=1S/C10H14N4O/c11-10(15)9-8(4-5-12-13-9)14-6-2-1-3-7-14/h4-5H,1-3,6-7H2,(H2,11,15). The van der Waals surface area contributed by atoms with Crippen molar-refractivity contribution in [3.05, 3.63) is 18.0 Å². The lowest BCUT2D eigenvalue weighted by Gasteiger charge is -2.29. The highest BCUT2D eigenvalue weighted by Gasteiger charge is 2.17. The van der Waals surface area contributed by atoms with Gasteiger partial charge in [0.2, 0.25) is 0 Å². The summed E-state index contributed by atoms with van der Waals surface area (Å²) in [7, 11) is 0. The average Bonchev–Trinajstić information content (AvgIpc) is 2.30. The minimum Gasteiger partial charge on any atom is -0.370 e. The first kappa shape index (κ1) is 9.89. The fourth-order valence-corrected chi connectivity index (χ4v) is 1.89. The van der Waals surface area contributed by atoms with Gasteiger partial charge in [0.1, 0.15) is 0 Å². The Hall–Kier alpha value is -1.65. The average molecular weight is 206 g/mol. The predicted octanol–water partition coefficient (Wildman–Crippen LogP) is 0.566. The van der Waals surface area contributed by atoms with Crippen LogP contribution in [-0.4, -0.2) is 29.2 Å². The van der Waals surface area contributed by atoms with Gasteiger partial charge in [-0.25, -0.2) is 0 Å². The van der Waals surface area contributed by atoms with Crippen molar-refractivity contribution in [1.29, 1.82) is 0 Å². The zero-order chi connectivity index (χ0) is 10.7. The number of anilines is 1. The first-order chi connectivity index (χ1) is 7.29. The molecular weight excluding hydrogens is 192 g/mol. The smallest absolute Gasteiger partial charge is 0.271 e. The molecule has 2 rings (SSSR count). The molecule has 1 aliphatic heterocycles. The maximum atomic E-state index is 11.2. The topological polar surface area (TPSA) is 72.1 Å². The SMILES string of the molecule is NC(=O)c1nnccc1N1CCCCC1. The molecular formula is C10H14N4O. The van der Waals surface area contributed by atoms with Crippen molar-refractivity contribution < 1.29 is 4.79 Å². The third-order valence-corrected chi connectivity index (χ3v) is 2.63. The number of carbonyl (C=O) groups excluding carboxylic acids is 1. The Labute approximate surface area is 88.3 Å². The van der Waals surface area contributed by atoms with Crippen molar-refractivity contribution in [2.24, 2.45) is 5.73 Å². The summed E-state index contributed by atoms with van der Waals surface area (Å²) in [5.41, 5.74) is 6.35. The van der Waals surface area contributed by atoms with Crippen LogP contribution in [0.5, 0.6) is 0 Å². The monoisotopic (exact) mass is 206 g/mol. The lowest BCUT2D eigenvalue weighted by Crippen LogP contribution is -2.32. The van der Waals surface area contributed by atoms with E-state index in [4.69, 9.17) is 5.73 Å². The third-order valence-electron chi connectivity index (χ3n) is 2.63. The predicted molar refractivity (Wildman–Crippen MR) is 56.6 cm³/mol. The summed E-state index contributed by atoms with van der Waals surface area (Å²) in [6, 6.07) is 1.80. The van der Waals surface area contributed by atoms with E-state index in [0.29, 0.717) is 0 Å². The molecule has 1 aromatic rings. The molecule has 5 nitrogen and oxygen atoms in total. The van der Waals surface area contributed by atoms with Crippen LogP contribution in [0.15, 0.2) is 12.3 Å². The highest BCUT2D eigenvalue weighted by Crippen LogP contribution is 2.21. The van der Waals surface area contributed by atoms with Crippen LogP contribution in [0.2, 0.25) is 0 Å². The van der Waals surface area contributed by atoms with Gasteiger partial charge in [-0.3, -0.25) is 4.79 Å². The molecule has 0 bridgehead atoms. The zero-order valence-corrected chi connectivity index (χ0v) is 8.52. The lowest BCUT2D eigenvalue weighted by molar-refractivity contribution is 0.0995. The van der Waals surface area contributed by atoms with Crippen molar-refractivity contribution in [3.8, 4) is 0 Å². The Morgan fingerprint density at radius 1 is 1.33 bits per heavy atom. The van der Waals surface area contributed by atoms with Crippen LogP contribution in [0, 0.1) is 0 Å². The molecule has 1 amide bonds. The number of primary amides is 1. The second-order valence-electron chi connectivity index (χ2n) is 3.68. The molecule has 1 aromatic heterocycles. The van der Waals surface area contributed by atoms with E-state index in [2.05, 4.69) is 15.1 Å². The fourth-order valence-electron chi connectivity index (χ4n) is 1.89. The van der Waals surface area contributed by atoms with Crippen molar-refractivity contribution in [1.82, 2.24) is 10.2 Å². The van der Waals surface area contributed by atoms with Crippen LogP contribution >= 0.6 is 0 Å². The number of carbonyl (C=O) groups is 1. The van der Waals surface area contributed by atoms with Gasteiger partial charge < -0.3 is 10.6 Å². The highest BCUT2D eigenvalue weighted by atomic mass is 16.1. The van der Waals surface area contributed by atoms with Crippen LogP contribution in [0.4, 0.5) is 5.69 Å². The number of hydrogen-bond acceptors (Lipinski definition) is 4. The van der Waals surface area contributed by atoms with E-state index in [1.54, 1.807) is 12.3 Å². The molecule has 0 saturated carbocycles. The zero-order valence-electron chi connectivity index (χ0n) is 8.52. The maximum Gasteiger partial charge on any atom is 0.271 e. The van der Waals surface area contributed by atoms with Gasteiger partial charge in [0, 0.05) is 13.1 Å². The molecule has 1 fully saturated rings. The Bertz CT molecular complexity index is 360. The lowest BCUT2D eigenvalue weighted by atomic mass is 10.1. The molecule has 0 aromatic carbocycles. The summed E-state index contributed by atoms with van der Waals surface area (Å²) < 4.78 is 0. The van der Waals surface area contributed by atoms with Crippen LogP contribution in [0.1, 0.15) is 29.8 Å². The van der Waals surface area contributed by atoms with Gasteiger partial charge in [0.15, 0.2) is 5.69 Å². The number of aromatic nitrogens is 2. The number of nitrogens with two attached hydrogens (primary N) is 1. The molecule has 0 atom stereocenters. The Balaban J connectivity index is 2.29. The van der Waals surface area contributed by atoms with Gasteiger partial charge >= 0.3 is 0 Å². The van der Waals surface area contributed by atoms with Gasteiger partial charge in [0.25, 0.3) is 5.91 Å². The number of piperidine rings is 1. The highest BCUT2D eigenvalue weighted by molar-refractivity contribution is 5.96. The van der Waals surface area contributed by atoms with E-state index in [9.17, 15) is 4.79 Å². The van der Waals surface area contributed by atoms with E-state index >= 15 is 0 Å². The summed E-state index contributed by atoms with van der Waals surface area (Å²) in [5.74, 6) is -0.510. The van der Waals surface area contributed by atoms with E-state index in [-0.39, 0.29) is 5.69 Å². The van der Waals surface area contributed by atoms with Crippen LogP contribution in [-0.2, 0) is 0 Å². The van der Waals surface area contributed by atoms with Crippen LogP contribution < -0.4 is 10.6 Å². The van der Waals surface area contributed by atoms with E-state index in [0.717, 1.165) is 31.6 Å². The normalized spacial score (nSPS) is 16.4. The van der Waals surface area contributed by atoms with Gasteiger partial charge in [-0.2, -0.15) is 5.10 Å². The molecule has 1 saturated heterocycles. The summed E-state index contributed by atoms with van der Waals surface area (Å²) in [4.78, 5) is 13.3. The Morgan fingerprint density at radius 2 is 2.07 bits per heavy atom. The van der Waals surface area contributed by atoms with Crippen LogP contribution in [0.25, 0.3) is 0 Å². The summed E-state index contributed by atoms with van der Waals surface area (Å²) in [6.45, 7) is 1.93. The second-order valence-corrected chi connectivity index (χ2v) is 3.68. The minimum absolute atomic E-state index is 0.277. The first-order valence-corrected chi connectivity index (χ1v) is 5.15. The molecule has 0 aliphatic carbocycles. The number of nitrogens with zero attached hydrogens (tertiary/aromatic N) is 3. The molecule has 2 N–H and O–H groups in total. The molecule has 15 heavy (non-hydrogen) atoms. The van der Waals surface area contributed by atoms with Gasteiger partial charge in [-0.15, -0.1) is 5.10 Å². The number of rotatable bonds is 2. The number of hydrogen-bond donors (Lipinski definition) is 1. The molecule has 80 valence electrons. The summed E-state index contributed by atoms with van der Waals surface area (Å²) in [6.07, 6.45) is 5.15. The minimum atomic E-state index is -0.510. The van der Waals surface area contributed by atoms with Crippen molar-refractivity contribution in [3.63, 3.8) is 0 Å². The van der Waals surface area contributed by atoms with Crippen molar-refractivity contribution >= 4 is 11.6 Å². The van der Waals surface area contributed by atoms with E-state index in [1.807, 2.05) is 0 Å². The van der Waals surface area contributed by atoms with Crippen LogP contribution in [0.3, 0.4) is 0 Å². The fraction of sp³-hybridized carbons (Fsp3) is 0.500. The largest absolute Gasteiger partial charge is 0.370 e. The maximum absolute atomic E-state index is 11.2. The molecule has 0 unspecified atom stereocenters. The van der Waals surface area contributed by atoms with Gasteiger partial charge in [-0.1, -0.05) is 0 Å². The Kier molecular flexibility index (Phi) is 2.80. The van der Waals surface area contributed by atoms with Crippen molar-refractivity contribution in [2.75, 3.05) is 18.0 Å². The third kappa shape index (κ3) is 2.06. The Morgan fingerprint density at radius 3 is 2.73 bits per heavy atom. The molecule has 2 heterocycles.